The lowest BCUT2D eigenvalue weighted by molar-refractivity contribution is -0.137. The van der Waals surface area contributed by atoms with Gasteiger partial charge in [-0.1, -0.05) is 0 Å². The Labute approximate surface area is 115 Å². The molecular formula is C12H15N5O3. The summed E-state index contributed by atoms with van der Waals surface area (Å²) in [6.07, 6.45) is 4.42. The SMILES string of the molecule is CCn1nccc1CNC(=O)c1cnn(CC(=O)O)c1. The van der Waals surface area contributed by atoms with Gasteiger partial charge in [0.2, 0.25) is 0 Å². The van der Waals surface area contributed by atoms with E-state index < -0.39 is 5.97 Å². The molecule has 0 aliphatic carbocycles. The van der Waals surface area contributed by atoms with Gasteiger partial charge in [-0.2, -0.15) is 10.2 Å². The first kappa shape index (κ1) is 13.8. The summed E-state index contributed by atoms with van der Waals surface area (Å²) in [5.74, 6) is -1.31. The molecule has 0 bridgehead atoms. The van der Waals surface area contributed by atoms with Crippen molar-refractivity contribution in [3.8, 4) is 0 Å². The number of rotatable bonds is 6. The first-order chi connectivity index (χ1) is 9.60. The van der Waals surface area contributed by atoms with Crippen LogP contribution in [0.2, 0.25) is 0 Å². The third-order valence-corrected chi connectivity index (χ3v) is 2.73. The van der Waals surface area contributed by atoms with Crippen molar-refractivity contribution in [3.63, 3.8) is 0 Å². The molecule has 0 spiro atoms. The molecule has 0 saturated carbocycles. The van der Waals surface area contributed by atoms with Gasteiger partial charge in [0.05, 0.1) is 24.0 Å². The smallest absolute Gasteiger partial charge is 0.325 e. The van der Waals surface area contributed by atoms with Gasteiger partial charge in [0.1, 0.15) is 6.54 Å². The number of nitrogens with zero attached hydrogens (tertiary/aromatic N) is 4. The van der Waals surface area contributed by atoms with Crippen LogP contribution >= 0.6 is 0 Å². The highest BCUT2D eigenvalue weighted by molar-refractivity contribution is 5.93. The predicted octanol–water partition coefficient (Wildman–Crippen LogP) is 0.114. The van der Waals surface area contributed by atoms with Gasteiger partial charge in [-0.15, -0.1) is 0 Å². The van der Waals surface area contributed by atoms with Crippen LogP contribution < -0.4 is 5.32 Å². The summed E-state index contributed by atoms with van der Waals surface area (Å²) in [6, 6.07) is 1.83. The summed E-state index contributed by atoms with van der Waals surface area (Å²) < 4.78 is 2.99. The van der Waals surface area contributed by atoms with E-state index in [1.54, 1.807) is 10.9 Å². The normalized spacial score (nSPS) is 10.4. The molecule has 2 heterocycles. The minimum Gasteiger partial charge on any atom is -0.480 e. The molecule has 2 N–H and O–H groups in total. The Morgan fingerprint density at radius 3 is 2.90 bits per heavy atom. The fourth-order valence-corrected chi connectivity index (χ4v) is 1.77. The molecule has 0 unspecified atom stereocenters. The van der Waals surface area contributed by atoms with E-state index in [1.807, 2.05) is 13.0 Å². The van der Waals surface area contributed by atoms with Crippen LogP contribution in [-0.4, -0.2) is 36.5 Å². The van der Waals surface area contributed by atoms with Crippen molar-refractivity contribution >= 4 is 11.9 Å². The zero-order valence-corrected chi connectivity index (χ0v) is 11.0. The summed E-state index contributed by atoms with van der Waals surface area (Å²) in [7, 11) is 0. The molecule has 0 aliphatic heterocycles. The fraction of sp³-hybridized carbons (Fsp3) is 0.333. The lowest BCUT2D eigenvalue weighted by atomic mass is 10.3. The largest absolute Gasteiger partial charge is 0.480 e. The first-order valence-corrected chi connectivity index (χ1v) is 6.13. The number of aliphatic carboxylic acids is 1. The van der Waals surface area contributed by atoms with Crippen LogP contribution in [0.3, 0.4) is 0 Å². The molecule has 2 aromatic rings. The van der Waals surface area contributed by atoms with Crippen LogP contribution in [-0.2, 0) is 24.4 Å². The molecular weight excluding hydrogens is 262 g/mol. The number of carboxylic acids is 1. The highest BCUT2D eigenvalue weighted by atomic mass is 16.4. The van der Waals surface area contributed by atoms with E-state index in [0.717, 1.165) is 12.2 Å². The van der Waals surface area contributed by atoms with Gasteiger partial charge in [0.15, 0.2) is 0 Å². The van der Waals surface area contributed by atoms with Crippen molar-refractivity contribution in [2.45, 2.75) is 26.6 Å². The van der Waals surface area contributed by atoms with Crippen LogP contribution in [0.5, 0.6) is 0 Å². The summed E-state index contributed by atoms with van der Waals surface area (Å²) in [6.45, 7) is 2.79. The average molecular weight is 277 g/mol. The Hall–Kier alpha value is -2.64. The molecule has 0 saturated heterocycles. The quantitative estimate of drug-likeness (QED) is 0.780. The molecule has 0 aromatic carbocycles. The third-order valence-electron chi connectivity index (χ3n) is 2.73. The molecule has 0 fully saturated rings. The third kappa shape index (κ3) is 3.22. The van der Waals surface area contributed by atoms with E-state index in [0.29, 0.717) is 12.1 Å². The van der Waals surface area contributed by atoms with Gasteiger partial charge in [-0.3, -0.25) is 19.0 Å². The van der Waals surface area contributed by atoms with Crippen molar-refractivity contribution in [1.82, 2.24) is 24.9 Å². The van der Waals surface area contributed by atoms with Crippen molar-refractivity contribution in [2.24, 2.45) is 0 Å². The standard InChI is InChI=1S/C12H15N5O3/c1-2-17-10(3-4-14-17)6-13-12(20)9-5-15-16(7-9)8-11(18)19/h3-5,7H,2,6,8H2,1H3,(H,13,20)(H,18,19). The Bertz CT molecular complexity index is 616. The number of aryl methyl sites for hydroxylation is 1. The molecule has 1 amide bonds. The summed E-state index contributed by atoms with van der Waals surface area (Å²) in [4.78, 5) is 22.4. The molecule has 106 valence electrons. The number of hydrogen-bond donors (Lipinski definition) is 2. The highest BCUT2D eigenvalue weighted by Crippen LogP contribution is 2.01. The number of carbonyl (C=O) groups is 2. The maximum absolute atomic E-state index is 11.9. The Morgan fingerprint density at radius 1 is 1.40 bits per heavy atom. The van der Waals surface area contributed by atoms with E-state index in [-0.39, 0.29) is 12.5 Å². The zero-order chi connectivity index (χ0) is 14.5. The minimum atomic E-state index is -1.01. The van der Waals surface area contributed by atoms with Crippen LogP contribution in [0.4, 0.5) is 0 Å². The number of amides is 1. The van der Waals surface area contributed by atoms with Crippen LogP contribution in [0.25, 0.3) is 0 Å². The molecule has 8 nitrogen and oxygen atoms in total. The van der Waals surface area contributed by atoms with E-state index in [2.05, 4.69) is 15.5 Å². The molecule has 2 rings (SSSR count). The molecule has 2 aromatic heterocycles. The molecule has 0 aliphatic rings. The van der Waals surface area contributed by atoms with E-state index in [4.69, 9.17) is 5.11 Å². The number of nitrogens with one attached hydrogen (secondary N) is 1. The van der Waals surface area contributed by atoms with Gasteiger partial charge in [-0.25, -0.2) is 0 Å². The van der Waals surface area contributed by atoms with Gasteiger partial charge in [0, 0.05) is 18.9 Å². The monoisotopic (exact) mass is 277 g/mol. The number of carbonyl (C=O) groups excluding carboxylic acids is 1. The molecule has 20 heavy (non-hydrogen) atoms. The minimum absolute atomic E-state index is 0.268. The van der Waals surface area contributed by atoms with Crippen LogP contribution in [0.15, 0.2) is 24.7 Å². The van der Waals surface area contributed by atoms with Crippen LogP contribution in [0.1, 0.15) is 23.0 Å². The topological polar surface area (TPSA) is 102 Å². The summed E-state index contributed by atoms with van der Waals surface area (Å²) in [5.41, 5.74) is 1.23. The Balaban J connectivity index is 1.95. The zero-order valence-electron chi connectivity index (χ0n) is 11.0. The lowest BCUT2D eigenvalue weighted by Gasteiger charge is -2.05. The van der Waals surface area contributed by atoms with Gasteiger partial charge >= 0.3 is 5.97 Å². The van der Waals surface area contributed by atoms with Gasteiger partial charge < -0.3 is 10.4 Å². The number of aromatic nitrogens is 4. The molecule has 8 heteroatoms. The predicted molar refractivity (Wildman–Crippen MR) is 68.9 cm³/mol. The number of hydrogen-bond acceptors (Lipinski definition) is 4. The average Bonchev–Trinajstić information content (AvgIpc) is 3.03. The van der Waals surface area contributed by atoms with E-state index >= 15 is 0 Å². The maximum atomic E-state index is 11.9. The van der Waals surface area contributed by atoms with Crippen molar-refractivity contribution in [3.05, 3.63) is 35.9 Å². The summed E-state index contributed by atoms with van der Waals surface area (Å²) >= 11 is 0. The first-order valence-electron chi connectivity index (χ1n) is 6.13. The van der Waals surface area contributed by atoms with Crippen molar-refractivity contribution in [1.29, 1.82) is 0 Å². The molecule has 0 atom stereocenters. The van der Waals surface area contributed by atoms with Gasteiger partial charge in [-0.05, 0) is 13.0 Å². The van der Waals surface area contributed by atoms with Crippen LogP contribution in [0, 0.1) is 0 Å². The van der Waals surface area contributed by atoms with Gasteiger partial charge in [0.25, 0.3) is 5.91 Å². The second-order valence-electron chi connectivity index (χ2n) is 4.14. The van der Waals surface area contributed by atoms with Crippen molar-refractivity contribution < 1.29 is 14.7 Å². The molecule has 0 radical (unpaired) electrons. The summed E-state index contributed by atoms with van der Waals surface area (Å²) in [5, 5.41) is 19.3. The highest BCUT2D eigenvalue weighted by Gasteiger charge is 2.10. The second kappa shape index (κ2) is 6.00. The van der Waals surface area contributed by atoms with Crippen molar-refractivity contribution in [2.75, 3.05) is 0 Å². The Kier molecular flexibility index (Phi) is 4.14. The second-order valence-corrected chi connectivity index (χ2v) is 4.14. The Morgan fingerprint density at radius 2 is 2.20 bits per heavy atom. The van der Waals surface area contributed by atoms with E-state index in [9.17, 15) is 9.59 Å². The lowest BCUT2D eigenvalue weighted by Crippen LogP contribution is -2.24. The number of carboxylic acid groups (broad SMARTS) is 1. The fourth-order valence-electron chi connectivity index (χ4n) is 1.77. The van der Waals surface area contributed by atoms with E-state index in [1.165, 1.54) is 17.1 Å². The maximum Gasteiger partial charge on any atom is 0.325 e.